The van der Waals surface area contributed by atoms with Crippen molar-refractivity contribution < 1.29 is 0 Å². The standard InChI is InChI=1S/C9H10N4/c1-2-13-11-7-9(12-13)8-4-3-5-10-6-8/h3-7H,2H2,1H3. The molecule has 0 aliphatic carbocycles. The minimum atomic E-state index is 0.792. The molecule has 0 unspecified atom stereocenters. The largest absolute Gasteiger partial charge is 0.264 e. The van der Waals surface area contributed by atoms with Gasteiger partial charge < -0.3 is 0 Å². The van der Waals surface area contributed by atoms with Gasteiger partial charge in [0.25, 0.3) is 0 Å². The van der Waals surface area contributed by atoms with Crippen molar-refractivity contribution in [3.05, 3.63) is 30.7 Å². The Morgan fingerprint density at radius 3 is 2.92 bits per heavy atom. The van der Waals surface area contributed by atoms with Gasteiger partial charge in [0.15, 0.2) is 0 Å². The molecule has 0 aromatic carbocycles. The van der Waals surface area contributed by atoms with Crippen LogP contribution in [-0.4, -0.2) is 20.0 Å². The lowest BCUT2D eigenvalue weighted by atomic mass is 10.2. The fraction of sp³-hybridized carbons (Fsp3) is 0.222. The van der Waals surface area contributed by atoms with Crippen molar-refractivity contribution in [3.63, 3.8) is 0 Å². The van der Waals surface area contributed by atoms with Gasteiger partial charge in [0.2, 0.25) is 0 Å². The van der Waals surface area contributed by atoms with Crippen LogP contribution in [0.2, 0.25) is 0 Å². The summed E-state index contributed by atoms with van der Waals surface area (Å²) in [6.45, 7) is 2.80. The molecule has 0 amide bonds. The molecule has 0 atom stereocenters. The monoisotopic (exact) mass is 174 g/mol. The van der Waals surface area contributed by atoms with Gasteiger partial charge >= 0.3 is 0 Å². The van der Waals surface area contributed by atoms with Crippen molar-refractivity contribution in [1.82, 2.24) is 20.0 Å². The van der Waals surface area contributed by atoms with Crippen molar-refractivity contribution >= 4 is 0 Å². The van der Waals surface area contributed by atoms with E-state index in [4.69, 9.17) is 0 Å². The Morgan fingerprint density at radius 1 is 1.38 bits per heavy atom. The van der Waals surface area contributed by atoms with Crippen LogP contribution < -0.4 is 0 Å². The zero-order valence-corrected chi connectivity index (χ0v) is 7.38. The van der Waals surface area contributed by atoms with Gasteiger partial charge in [-0.1, -0.05) is 0 Å². The first-order chi connectivity index (χ1) is 6.40. The van der Waals surface area contributed by atoms with E-state index in [1.165, 1.54) is 0 Å². The average Bonchev–Trinajstić information content (AvgIpc) is 2.67. The summed E-state index contributed by atoms with van der Waals surface area (Å²) in [4.78, 5) is 5.67. The van der Waals surface area contributed by atoms with Crippen molar-refractivity contribution in [2.24, 2.45) is 0 Å². The number of nitrogens with zero attached hydrogens (tertiary/aromatic N) is 4. The van der Waals surface area contributed by atoms with Gasteiger partial charge in [-0.15, -0.1) is 0 Å². The molecule has 13 heavy (non-hydrogen) atoms. The smallest absolute Gasteiger partial charge is 0.114 e. The highest BCUT2D eigenvalue weighted by Crippen LogP contribution is 2.12. The molecule has 2 aromatic heterocycles. The van der Waals surface area contributed by atoms with Crippen LogP contribution in [0.15, 0.2) is 30.7 Å². The second kappa shape index (κ2) is 3.35. The highest BCUT2D eigenvalue weighted by atomic mass is 15.5. The minimum absolute atomic E-state index is 0.792. The van der Waals surface area contributed by atoms with E-state index in [0.717, 1.165) is 17.8 Å². The maximum Gasteiger partial charge on any atom is 0.114 e. The molecule has 4 heteroatoms. The molecular weight excluding hydrogens is 164 g/mol. The molecule has 0 fully saturated rings. The Labute approximate surface area is 76.2 Å². The Balaban J connectivity index is 2.36. The first-order valence-electron chi connectivity index (χ1n) is 4.20. The molecule has 0 aliphatic heterocycles. The van der Waals surface area contributed by atoms with Crippen LogP contribution in [-0.2, 0) is 6.54 Å². The van der Waals surface area contributed by atoms with Crippen LogP contribution in [0.3, 0.4) is 0 Å². The molecule has 0 saturated carbocycles. The molecule has 0 bridgehead atoms. The van der Waals surface area contributed by atoms with Crippen LogP contribution in [0.1, 0.15) is 6.92 Å². The molecule has 0 N–H and O–H groups in total. The summed E-state index contributed by atoms with van der Waals surface area (Å²) in [6.07, 6.45) is 5.28. The first-order valence-corrected chi connectivity index (χ1v) is 4.20. The average molecular weight is 174 g/mol. The Bertz CT molecular complexity index is 380. The van der Waals surface area contributed by atoms with Gasteiger partial charge in [-0.2, -0.15) is 15.0 Å². The number of rotatable bonds is 2. The van der Waals surface area contributed by atoms with Gasteiger partial charge in [0, 0.05) is 18.0 Å². The molecule has 4 nitrogen and oxygen atoms in total. The minimum Gasteiger partial charge on any atom is -0.264 e. The highest BCUT2D eigenvalue weighted by Gasteiger charge is 2.01. The maximum atomic E-state index is 4.26. The zero-order chi connectivity index (χ0) is 9.10. The van der Waals surface area contributed by atoms with Gasteiger partial charge in [-0.05, 0) is 19.1 Å². The van der Waals surface area contributed by atoms with E-state index in [1.807, 2.05) is 19.1 Å². The van der Waals surface area contributed by atoms with Gasteiger partial charge in [0.1, 0.15) is 5.69 Å². The van der Waals surface area contributed by atoms with Crippen molar-refractivity contribution in [1.29, 1.82) is 0 Å². The second-order valence-corrected chi connectivity index (χ2v) is 2.66. The third-order valence-corrected chi connectivity index (χ3v) is 1.78. The predicted octanol–water partition coefficient (Wildman–Crippen LogP) is 1.36. The maximum absolute atomic E-state index is 4.26. The summed E-state index contributed by atoms with van der Waals surface area (Å²) in [5.41, 5.74) is 1.87. The molecule has 66 valence electrons. The van der Waals surface area contributed by atoms with E-state index in [-0.39, 0.29) is 0 Å². The fourth-order valence-corrected chi connectivity index (χ4v) is 1.10. The molecule has 2 aromatic rings. The molecule has 2 heterocycles. The normalized spacial score (nSPS) is 10.2. The van der Waals surface area contributed by atoms with Crippen LogP contribution in [0.4, 0.5) is 0 Å². The van der Waals surface area contributed by atoms with Crippen molar-refractivity contribution in [3.8, 4) is 11.3 Å². The lowest BCUT2D eigenvalue weighted by molar-refractivity contribution is 0.571. The quantitative estimate of drug-likeness (QED) is 0.690. The number of aryl methyl sites for hydroxylation is 1. The SMILES string of the molecule is CCn1ncc(-c2cccnc2)n1. The topological polar surface area (TPSA) is 43.6 Å². The number of hydrogen-bond acceptors (Lipinski definition) is 3. The van der Waals surface area contributed by atoms with Crippen molar-refractivity contribution in [2.75, 3.05) is 0 Å². The summed E-state index contributed by atoms with van der Waals surface area (Å²) in [6, 6.07) is 3.86. The van der Waals surface area contributed by atoms with E-state index in [0.29, 0.717) is 0 Å². The Hall–Kier alpha value is -1.71. The van der Waals surface area contributed by atoms with Crippen LogP contribution in [0.5, 0.6) is 0 Å². The lowest BCUT2D eigenvalue weighted by Gasteiger charge is -1.92. The molecule has 0 saturated heterocycles. The third kappa shape index (κ3) is 1.56. The van der Waals surface area contributed by atoms with E-state index < -0.39 is 0 Å². The summed E-state index contributed by atoms with van der Waals surface area (Å²) in [7, 11) is 0. The van der Waals surface area contributed by atoms with E-state index in [2.05, 4.69) is 15.2 Å². The summed E-state index contributed by atoms with van der Waals surface area (Å²) in [5, 5.41) is 8.35. The first kappa shape index (κ1) is 7.91. The molecule has 2 rings (SSSR count). The van der Waals surface area contributed by atoms with Crippen LogP contribution >= 0.6 is 0 Å². The van der Waals surface area contributed by atoms with Gasteiger partial charge in [-0.3, -0.25) is 4.98 Å². The lowest BCUT2D eigenvalue weighted by Crippen LogP contribution is -1.97. The number of aromatic nitrogens is 4. The zero-order valence-electron chi connectivity index (χ0n) is 7.38. The summed E-state index contributed by atoms with van der Waals surface area (Å²) < 4.78 is 0. The fourth-order valence-electron chi connectivity index (χ4n) is 1.10. The molecule has 0 aliphatic rings. The third-order valence-electron chi connectivity index (χ3n) is 1.78. The summed E-state index contributed by atoms with van der Waals surface area (Å²) in [5.74, 6) is 0. The predicted molar refractivity (Wildman–Crippen MR) is 48.9 cm³/mol. The Morgan fingerprint density at radius 2 is 2.31 bits per heavy atom. The number of pyridine rings is 1. The van der Waals surface area contributed by atoms with E-state index in [1.54, 1.807) is 23.4 Å². The molecular formula is C9H10N4. The molecule has 0 spiro atoms. The second-order valence-electron chi connectivity index (χ2n) is 2.66. The van der Waals surface area contributed by atoms with Crippen LogP contribution in [0, 0.1) is 0 Å². The molecule has 0 radical (unpaired) electrons. The van der Waals surface area contributed by atoms with E-state index >= 15 is 0 Å². The van der Waals surface area contributed by atoms with Gasteiger partial charge in [0.05, 0.1) is 12.7 Å². The van der Waals surface area contributed by atoms with E-state index in [9.17, 15) is 0 Å². The van der Waals surface area contributed by atoms with Gasteiger partial charge in [-0.25, -0.2) is 0 Å². The van der Waals surface area contributed by atoms with Crippen molar-refractivity contribution in [2.45, 2.75) is 13.5 Å². The Kier molecular flexibility index (Phi) is 2.04. The van der Waals surface area contributed by atoms with Crippen LogP contribution in [0.25, 0.3) is 11.3 Å². The highest BCUT2D eigenvalue weighted by molar-refractivity contribution is 5.55. The number of hydrogen-bond donors (Lipinski definition) is 0. The summed E-state index contributed by atoms with van der Waals surface area (Å²) >= 11 is 0.